The quantitative estimate of drug-likeness (QED) is 0.906. The van der Waals surface area contributed by atoms with Gasteiger partial charge < -0.3 is 10.2 Å². The van der Waals surface area contributed by atoms with Crippen molar-refractivity contribution in [3.8, 4) is 0 Å². The highest BCUT2D eigenvalue weighted by Gasteiger charge is 2.23. The van der Waals surface area contributed by atoms with Gasteiger partial charge in [-0.25, -0.2) is 19.4 Å². The van der Waals surface area contributed by atoms with E-state index >= 15 is 0 Å². The Morgan fingerprint density at radius 1 is 1.43 bits per heavy atom. The Morgan fingerprint density at radius 2 is 2.26 bits per heavy atom. The predicted molar refractivity (Wildman–Crippen MR) is 88.5 cm³/mol. The summed E-state index contributed by atoms with van der Waals surface area (Å²) in [5, 5.41) is 8.27. The molecule has 0 atom stereocenters. The van der Waals surface area contributed by atoms with E-state index in [1.807, 2.05) is 15.8 Å². The Labute approximate surface area is 139 Å². The number of thiazole rings is 1. The van der Waals surface area contributed by atoms with Gasteiger partial charge in [0.1, 0.15) is 12.7 Å². The van der Waals surface area contributed by atoms with Crippen LogP contribution in [0, 0.1) is 0 Å². The van der Waals surface area contributed by atoms with Gasteiger partial charge in [0, 0.05) is 37.1 Å². The van der Waals surface area contributed by atoms with Crippen LogP contribution in [-0.4, -0.2) is 50.3 Å². The molecular weight excluding hydrogens is 312 g/mol. The van der Waals surface area contributed by atoms with Gasteiger partial charge in [-0.1, -0.05) is 6.92 Å². The van der Waals surface area contributed by atoms with E-state index in [9.17, 15) is 4.79 Å². The summed E-state index contributed by atoms with van der Waals surface area (Å²) in [7, 11) is 0. The summed E-state index contributed by atoms with van der Waals surface area (Å²) < 4.78 is 1.89. The summed E-state index contributed by atoms with van der Waals surface area (Å²) in [5.74, 6) is 0. The second-order valence-electron chi connectivity index (χ2n) is 5.65. The van der Waals surface area contributed by atoms with Gasteiger partial charge in [0.15, 0.2) is 0 Å². The molecule has 0 saturated carbocycles. The lowest BCUT2D eigenvalue weighted by Crippen LogP contribution is -2.45. The van der Waals surface area contributed by atoms with E-state index in [0.29, 0.717) is 12.6 Å². The molecule has 2 aromatic heterocycles. The zero-order valence-corrected chi connectivity index (χ0v) is 14.1. The van der Waals surface area contributed by atoms with Gasteiger partial charge in [-0.3, -0.25) is 0 Å². The molecule has 0 spiro atoms. The zero-order chi connectivity index (χ0) is 16.1. The molecule has 3 rings (SSSR count). The molecule has 2 amide bonds. The van der Waals surface area contributed by atoms with Gasteiger partial charge in [-0.15, -0.1) is 11.3 Å². The number of aromatic nitrogens is 4. The maximum atomic E-state index is 12.2. The third-order valence-corrected chi connectivity index (χ3v) is 5.33. The summed E-state index contributed by atoms with van der Waals surface area (Å²) in [6.07, 6.45) is 8.89. The number of hydrogen-bond donors (Lipinski definition) is 1. The van der Waals surface area contributed by atoms with Gasteiger partial charge >= 0.3 is 6.03 Å². The number of urea groups is 1. The minimum Gasteiger partial charge on any atom is -0.338 e. The second kappa shape index (κ2) is 7.54. The number of hydrogen-bond acceptors (Lipinski definition) is 5. The topological polar surface area (TPSA) is 75.9 Å². The predicted octanol–water partition coefficient (Wildman–Crippen LogP) is 1.89. The monoisotopic (exact) mass is 334 g/mol. The van der Waals surface area contributed by atoms with Crippen LogP contribution in [0.3, 0.4) is 0 Å². The first-order valence-electron chi connectivity index (χ1n) is 8.06. The van der Waals surface area contributed by atoms with Gasteiger partial charge in [-0.2, -0.15) is 5.10 Å². The average Bonchev–Trinajstić information content (AvgIpc) is 3.26. The molecule has 23 heavy (non-hydrogen) atoms. The zero-order valence-electron chi connectivity index (χ0n) is 13.3. The van der Waals surface area contributed by atoms with Crippen molar-refractivity contribution < 1.29 is 4.79 Å². The lowest BCUT2D eigenvalue weighted by atomic mass is 10.1. The fourth-order valence-corrected chi connectivity index (χ4v) is 3.62. The van der Waals surface area contributed by atoms with E-state index in [2.05, 4.69) is 27.3 Å². The number of carbonyl (C=O) groups is 1. The molecule has 1 N–H and O–H groups in total. The lowest BCUT2D eigenvalue weighted by molar-refractivity contribution is 0.168. The molecule has 0 aromatic carbocycles. The molecule has 0 radical (unpaired) electrons. The highest BCUT2D eigenvalue weighted by atomic mass is 32.1. The largest absolute Gasteiger partial charge is 0.338 e. The van der Waals surface area contributed by atoms with Crippen molar-refractivity contribution in [1.29, 1.82) is 0 Å². The maximum absolute atomic E-state index is 12.2. The molecule has 0 aliphatic carbocycles. The van der Waals surface area contributed by atoms with Crippen LogP contribution in [0.5, 0.6) is 0 Å². The molecule has 1 aliphatic rings. The minimum atomic E-state index is 0.0225. The molecule has 7 nitrogen and oxygen atoms in total. The normalized spacial score (nSPS) is 15.8. The third-order valence-electron chi connectivity index (χ3n) is 4.13. The van der Waals surface area contributed by atoms with Crippen LogP contribution >= 0.6 is 11.3 Å². The average molecular weight is 334 g/mol. The van der Waals surface area contributed by atoms with Gasteiger partial charge in [0.25, 0.3) is 0 Å². The van der Waals surface area contributed by atoms with E-state index in [1.54, 1.807) is 24.0 Å². The summed E-state index contributed by atoms with van der Waals surface area (Å²) in [4.78, 5) is 23.7. The lowest BCUT2D eigenvalue weighted by Gasteiger charge is -2.31. The Morgan fingerprint density at radius 3 is 2.91 bits per heavy atom. The van der Waals surface area contributed by atoms with Crippen LogP contribution in [0.4, 0.5) is 4.79 Å². The third kappa shape index (κ3) is 4.07. The highest BCUT2D eigenvalue weighted by Crippen LogP contribution is 2.21. The van der Waals surface area contributed by atoms with E-state index in [1.165, 1.54) is 4.88 Å². The Bertz CT molecular complexity index is 618. The summed E-state index contributed by atoms with van der Waals surface area (Å²) in [6.45, 7) is 4.28. The summed E-state index contributed by atoms with van der Waals surface area (Å²) in [5.41, 5.74) is 0. The molecule has 0 unspecified atom stereocenters. The van der Waals surface area contributed by atoms with Crippen molar-refractivity contribution in [3.63, 3.8) is 0 Å². The van der Waals surface area contributed by atoms with Gasteiger partial charge in [-0.05, 0) is 19.3 Å². The van der Waals surface area contributed by atoms with Crippen molar-refractivity contribution in [2.45, 2.75) is 38.6 Å². The number of nitrogens with zero attached hydrogens (tertiary/aromatic N) is 5. The fraction of sp³-hybridized carbons (Fsp3) is 0.600. The smallest absolute Gasteiger partial charge is 0.317 e. The summed E-state index contributed by atoms with van der Waals surface area (Å²) >= 11 is 1.73. The van der Waals surface area contributed by atoms with Crippen LogP contribution in [0.15, 0.2) is 18.9 Å². The molecule has 124 valence electrons. The summed E-state index contributed by atoms with van der Waals surface area (Å²) in [6, 6.07) is 0.374. The standard InChI is InChI=1S/C15H22N6OS/c1-2-13-9-18-14(23-13)3-6-17-15(22)20-7-4-12(5-8-20)21-11-16-10-19-21/h9-12H,2-8H2,1H3,(H,17,22). The number of aryl methyl sites for hydroxylation is 1. The van der Waals surface area contributed by atoms with E-state index in [0.717, 1.165) is 43.8 Å². The second-order valence-corrected chi connectivity index (χ2v) is 6.85. The number of piperidine rings is 1. The minimum absolute atomic E-state index is 0.0225. The molecule has 1 saturated heterocycles. The van der Waals surface area contributed by atoms with Crippen molar-refractivity contribution in [2.24, 2.45) is 0 Å². The van der Waals surface area contributed by atoms with E-state index in [4.69, 9.17) is 0 Å². The fourth-order valence-electron chi connectivity index (χ4n) is 2.75. The van der Waals surface area contributed by atoms with E-state index < -0.39 is 0 Å². The van der Waals surface area contributed by atoms with Crippen LogP contribution < -0.4 is 5.32 Å². The van der Waals surface area contributed by atoms with Crippen molar-refractivity contribution in [2.75, 3.05) is 19.6 Å². The maximum Gasteiger partial charge on any atom is 0.317 e. The molecule has 1 aliphatic heterocycles. The first kappa shape index (κ1) is 15.9. The van der Waals surface area contributed by atoms with Crippen molar-refractivity contribution >= 4 is 17.4 Å². The number of nitrogens with one attached hydrogen (secondary N) is 1. The number of likely N-dealkylation sites (tertiary alicyclic amines) is 1. The first-order chi connectivity index (χ1) is 11.3. The Balaban J connectivity index is 1.39. The van der Waals surface area contributed by atoms with Crippen LogP contribution in [-0.2, 0) is 12.8 Å². The Kier molecular flexibility index (Phi) is 5.22. The SMILES string of the molecule is CCc1cnc(CCNC(=O)N2CCC(n3cncn3)CC2)s1. The number of rotatable bonds is 5. The van der Waals surface area contributed by atoms with Gasteiger partial charge in [0.05, 0.1) is 11.0 Å². The highest BCUT2D eigenvalue weighted by molar-refractivity contribution is 7.11. The molecular formula is C15H22N6OS. The number of carbonyl (C=O) groups excluding carboxylic acids is 1. The first-order valence-corrected chi connectivity index (χ1v) is 8.88. The molecule has 0 bridgehead atoms. The van der Waals surface area contributed by atoms with Crippen LogP contribution in [0.1, 0.15) is 35.7 Å². The van der Waals surface area contributed by atoms with Crippen molar-refractivity contribution in [3.05, 3.63) is 28.7 Å². The molecule has 3 heterocycles. The number of amides is 2. The molecule has 2 aromatic rings. The van der Waals surface area contributed by atoms with Crippen LogP contribution in [0.25, 0.3) is 0 Å². The van der Waals surface area contributed by atoms with E-state index in [-0.39, 0.29) is 6.03 Å². The van der Waals surface area contributed by atoms with Crippen molar-refractivity contribution in [1.82, 2.24) is 30.0 Å². The molecule has 8 heteroatoms. The van der Waals surface area contributed by atoms with Gasteiger partial charge in [0.2, 0.25) is 0 Å². The Hall–Kier alpha value is -1.96. The van der Waals surface area contributed by atoms with Crippen LogP contribution in [0.2, 0.25) is 0 Å². The molecule has 1 fully saturated rings.